The van der Waals surface area contributed by atoms with E-state index < -0.39 is 5.76 Å². The Morgan fingerprint density at radius 3 is 2.71 bits per heavy atom. The predicted octanol–water partition coefficient (Wildman–Crippen LogP) is 3.88. The molecule has 112 valence electrons. The van der Waals surface area contributed by atoms with E-state index in [0.29, 0.717) is 24.7 Å². The Hall–Kier alpha value is -1.82. The highest BCUT2D eigenvalue weighted by Crippen LogP contribution is 2.28. The van der Waals surface area contributed by atoms with Gasteiger partial charge in [0.05, 0.1) is 5.56 Å². The lowest BCUT2D eigenvalue weighted by Crippen LogP contribution is -2.26. The number of aryl methyl sites for hydroxylation is 1. The van der Waals surface area contributed by atoms with Gasteiger partial charge >= 0.3 is 0 Å². The average Bonchev–Trinajstić information content (AvgIpc) is 2.84. The summed E-state index contributed by atoms with van der Waals surface area (Å²) >= 11 is 0.374. The zero-order chi connectivity index (χ0) is 15.2. The molecule has 0 aliphatic carbocycles. The van der Waals surface area contributed by atoms with Gasteiger partial charge in [-0.1, -0.05) is 23.9 Å². The predicted molar refractivity (Wildman–Crippen MR) is 77.8 cm³/mol. The first-order chi connectivity index (χ1) is 10.1. The molecule has 0 saturated carbocycles. The number of thioether (sulfide) groups is 1. The van der Waals surface area contributed by atoms with Crippen LogP contribution in [0.15, 0.2) is 45.7 Å². The summed E-state index contributed by atoms with van der Waals surface area (Å²) in [6, 6.07) is 10.0. The van der Waals surface area contributed by atoms with Crippen LogP contribution < -0.4 is 5.32 Å². The van der Waals surface area contributed by atoms with E-state index in [1.807, 2.05) is 19.1 Å². The molecule has 0 saturated heterocycles. The number of halogens is 2. The maximum absolute atomic E-state index is 12.5. The fraction of sp³-hybridized carbons (Fsp3) is 0.267. The first-order valence-electron chi connectivity index (χ1n) is 6.43. The zero-order valence-electron chi connectivity index (χ0n) is 11.4. The lowest BCUT2D eigenvalue weighted by Gasteiger charge is -2.09. The first-order valence-corrected chi connectivity index (χ1v) is 7.31. The van der Waals surface area contributed by atoms with Crippen molar-refractivity contribution in [3.8, 4) is 0 Å². The highest BCUT2D eigenvalue weighted by Gasteiger charge is 2.14. The van der Waals surface area contributed by atoms with Crippen molar-refractivity contribution in [3.05, 3.63) is 53.5 Å². The Labute approximate surface area is 125 Å². The minimum Gasteiger partial charge on any atom is -0.466 e. The van der Waals surface area contributed by atoms with Gasteiger partial charge in [0.2, 0.25) is 0 Å². The number of hydrogen-bond donors (Lipinski definition) is 1. The number of hydrogen-bond acceptors (Lipinski definition) is 3. The maximum atomic E-state index is 12.5. The summed E-state index contributed by atoms with van der Waals surface area (Å²) in [7, 11) is 0. The summed E-state index contributed by atoms with van der Waals surface area (Å²) < 4.78 is 30.3. The first kappa shape index (κ1) is 15.6. The standard InChI is InChI=1S/C15H15F2NO2S/c1-10-6-7-11(20-10)8-9-18-14(19)12-4-2-3-5-13(12)21-15(16)17/h2-7,15H,8-9H2,1H3,(H,18,19). The molecule has 0 fully saturated rings. The molecule has 3 nitrogen and oxygen atoms in total. The lowest BCUT2D eigenvalue weighted by molar-refractivity contribution is 0.0951. The van der Waals surface area contributed by atoms with E-state index >= 15 is 0 Å². The van der Waals surface area contributed by atoms with Crippen molar-refractivity contribution < 1.29 is 18.0 Å². The molecule has 1 amide bonds. The summed E-state index contributed by atoms with van der Waals surface area (Å²) in [5.74, 6) is -1.31. The molecule has 1 aromatic carbocycles. The summed E-state index contributed by atoms with van der Waals surface area (Å²) in [4.78, 5) is 12.3. The van der Waals surface area contributed by atoms with Crippen molar-refractivity contribution in [3.63, 3.8) is 0 Å². The molecule has 0 aliphatic rings. The van der Waals surface area contributed by atoms with Crippen LogP contribution in [0, 0.1) is 6.92 Å². The van der Waals surface area contributed by atoms with E-state index in [2.05, 4.69) is 5.32 Å². The van der Waals surface area contributed by atoms with Crippen LogP contribution >= 0.6 is 11.8 Å². The van der Waals surface area contributed by atoms with Crippen LogP contribution in [0.25, 0.3) is 0 Å². The summed E-state index contributed by atoms with van der Waals surface area (Å²) in [6.45, 7) is 2.24. The molecule has 21 heavy (non-hydrogen) atoms. The van der Waals surface area contributed by atoms with Crippen LogP contribution in [-0.4, -0.2) is 18.2 Å². The Morgan fingerprint density at radius 2 is 2.05 bits per heavy atom. The van der Waals surface area contributed by atoms with Crippen LogP contribution in [-0.2, 0) is 6.42 Å². The van der Waals surface area contributed by atoms with Gasteiger partial charge in [-0.25, -0.2) is 0 Å². The molecule has 2 rings (SSSR count). The molecule has 2 aromatic rings. The number of amides is 1. The van der Waals surface area contributed by atoms with Gasteiger partial charge < -0.3 is 9.73 Å². The molecule has 6 heteroatoms. The van der Waals surface area contributed by atoms with Crippen molar-refractivity contribution >= 4 is 17.7 Å². The molecule has 0 radical (unpaired) electrons. The molecule has 1 N–H and O–H groups in total. The molecule has 0 atom stereocenters. The third-order valence-electron chi connectivity index (χ3n) is 2.80. The van der Waals surface area contributed by atoms with E-state index in [9.17, 15) is 13.6 Å². The summed E-state index contributed by atoms with van der Waals surface area (Å²) in [6.07, 6.45) is 0.559. The molecule has 0 aliphatic heterocycles. The Kier molecular flexibility index (Phi) is 5.38. The molecule has 1 heterocycles. The number of carbonyl (C=O) groups excluding carboxylic acids is 1. The monoisotopic (exact) mass is 311 g/mol. The number of alkyl halides is 2. The third-order valence-corrected chi connectivity index (χ3v) is 3.59. The second-order valence-electron chi connectivity index (χ2n) is 4.39. The molecular formula is C15H15F2NO2S. The summed E-state index contributed by atoms with van der Waals surface area (Å²) in [5, 5.41) is 2.71. The average molecular weight is 311 g/mol. The van der Waals surface area contributed by atoms with Crippen molar-refractivity contribution in [2.75, 3.05) is 6.54 Å². The summed E-state index contributed by atoms with van der Waals surface area (Å²) in [5.41, 5.74) is 0.262. The minimum atomic E-state index is -2.55. The molecular weight excluding hydrogens is 296 g/mol. The largest absolute Gasteiger partial charge is 0.466 e. The highest BCUT2D eigenvalue weighted by atomic mass is 32.2. The van der Waals surface area contributed by atoms with Crippen molar-refractivity contribution in [1.82, 2.24) is 5.32 Å². The normalized spacial score (nSPS) is 10.9. The SMILES string of the molecule is Cc1ccc(CCNC(=O)c2ccccc2SC(F)F)o1. The quantitative estimate of drug-likeness (QED) is 0.823. The zero-order valence-corrected chi connectivity index (χ0v) is 12.3. The second-order valence-corrected chi connectivity index (χ2v) is 5.42. The van der Waals surface area contributed by atoms with E-state index in [1.54, 1.807) is 12.1 Å². The lowest BCUT2D eigenvalue weighted by atomic mass is 10.2. The highest BCUT2D eigenvalue weighted by molar-refractivity contribution is 7.99. The van der Waals surface area contributed by atoms with Gasteiger partial charge in [-0.2, -0.15) is 8.78 Å². The minimum absolute atomic E-state index is 0.262. The Bertz CT molecular complexity index is 613. The van der Waals surface area contributed by atoms with Gasteiger partial charge in [-0.05, 0) is 31.2 Å². The second kappa shape index (κ2) is 7.26. The molecule has 0 bridgehead atoms. The Balaban J connectivity index is 1.94. The van der Waals surface area contributed by atoms with E-state index in [1.165, 1.54) is 12.1 Å². The fourth-order valence-electron chi connectivity index (χ4n) is 1.87. The van der Waals surface area contributed by atoms with Gasteiger partial charge in [0.15, 0.2) is 0 Å². The third kappa shape index (κ3) is 4.60. The number of rotatable bonds is 6. The molecule has 0 spiro atoms. The van der Waals surface area contributed by atoms with Gasteiger partial charge in [0.25, 0.3) is 11.7 Å². The van der Waals surface area contributed by atoms with Crippen molar-refractivity contribution in [2.45, 2.75) is 24.0 Å². The Morgan fingerprint density at radius 1 is 1.29 bits per heavy atom. The topological polar surface area (TPSA) is 42.2 Å². The van der Waals surface area contributed by atoms with Gasteiger partial charge in [-0.15, -0.1) is 0 Å². The number of furan rings is 1. The maximum Gasteiger partial charge on any atom is 0.288 e. The van der Waals surface area contributed by atoms with Crippen LogP contribution in [0.1, 0.15) is 21.9 Å². The van der Waals surface area contributed by atoms with E-state index in [4.69, 9.17) is 4.42 Å². The van der Waals surface area contributed by atoms with E-state index in [-0.39, 0.29) is 16.4 Å². The molecule has 0 unspecified atom stereocenters. The van der Waals surface area contributed by atoms with Crippen molar-refractivity contribution in [1.29, 1.82) is 0 Å². The smallest absolute Gasteiger partial charge is 0.288 e. The number of benzene rings is 1. The molecule has 1 aromatic heterocycles. The van der Waals surface area contributed by atoms with E-state index in [0.717, 1.165) is 11.5 Å². The van der Waals surface area contributed by atoms with Gasteiger partial charge in [-0.3, -0.25) is 4.79 Å². The van der Waals surface area contributed by atoms with Crippen LogP contribution in [0.2, 0.25) is 0 Å². The number of nitrogens with one attached hydrogen (secondary N) is 1. The fourth-order valence-corrected chi connectivity index (χ4v) is 2.50. The number of carbonyl (C=O) groups is 1. The van der Waals surface area contributed by atoms with Crippen molar-refractivity contribution in [2.24, 2.45) is 0 Å². The van der Waals surface area contributed by atoms with Crippen LogP contribution in [0.4, 0.5) is 8.78 Å². The van der Waals surface area contributed by atoms with Crippen LogP contribution in [0.3, 0.4) is 0 Å². The van der Waals surface area contributed by atoms with Gasteiger partial charge in [0, 0.05) is 17.9 Å². The van der Waals surface area contributed by atoms with Gasteiger partial charge in [0.1, 0.15) is 11.5 Å². The van der Waals surface area contributed by atoms with Crippen LogP contribution in [0.5, 0.6) is 0 Å².